The first-order chi connectivity index (χ1) is 18.1. The summed E-state index contributed by atoms with van der Waals surface area (Å²) >= 11 is 0. The quantitative estimate of drug-likeness (QED) is 0.437. The van der Waals surface area contributed by atoms with Crippen molar-refractivity contribution in [3.63, 3.8) is 0 Å². The second-order valence-electron chi connectivity index (χ2n) is 10.0. The van der Waals surface area contributed by atoms with Gasteiger partial charge in [-0.2, -0.15) is 0 Å². The third-order valence-corrected chi connectivity index (χ3v) is 8.91. The molecule has 2 saturated heterocycles. The van der Waals surface area contributed by atoms with Gasteiger partial charge in [0, 0.05) is 79.0 Å². The minimum atomic E-state index is -0.689. The molecule has 0 saturated carbocycles. The van der Waals surface area contributed by atoms with Crippen molar-refractivity contribution < 1.29 is 13.4 Å². The van der Waals surface area contributed by atoms with Crippen molar-refractivity contribution in [2.75, 3.05) is 67.7 Å². The summed E-state index contributed by atoms with van der Waals surface area (Å²) in [5.74, 6) is 3.02. The number of furan rings is 1. The maximum Gasteiger partial charge on any atom is 0.229 e. The minimum Gasteiger partial charge on any atom is -0.432 e. The van der Waals surface area contributed by atoms with Crippen LogP contribution in [0.1, 0.15) is 16.7 Å². The number of benzene rings is 1. The Morgan fingerprint density at radius 1 is 1.11 bits per heavy atom. The van der Waals surface area contributed by atoms with Gasteiger partial charge in [0.25, 0.3) is 0 Å². The molecule has 3 aliphatic heterocycles. The van der Waals surface area contributed by atoms with Crippen LogP contribution in [-0.2, 0) is 28.5 Å². The Balaban J connectivity index is 1.38. The van der Waals surface area contributed by atoms with E-state index >= 15 is 0 Å². The molecule has 0 amide bonds. The standard InChI is InChI=1S/C27H30N6O3S/c1-17-2-3-21-19(4-5-28-21)22(17)25-30-23-20-14-18(16-32-8-12-37(34)13-9-32)15-29-27(20)36-24(23)26(31-25)33-6-10-35-11-7-33/h2-3,14-15,28H,4-13,16H2,1H3. The molecule has 1 aromatic carbocycles. The summed E-state index contributed by atoms with van der Waals surface area (Å²) in [7, 11) is -0.689. The van der Waals surface area contributed by atoms with E-state index in [9.17, 15) is 4.21 Å². The Morgan fingerprint density at radius 3 is 2.78 bits per heavy atom. The Labute approximate surface area is 217 Å². The van der Waals surface area contributed by atoms with E-state index in [1.807, 2.05) is 6.20 Å². The number of aromatic nitrogens is 3. The molecule has 4 aromatic rings. The smallest absolute Gasteiger partial charge is 0.229 e. The normalized spacial score (nSPS) is 19.0. The van der Waals surface area contributed by atoms with Gasteiger partial charge >= 0.3 is 0 Å². The van der Waals surface area contributed by atoms with Crippen LogP contribution in [0, 0.1) is 6.92 Å². The van der Waals surface area contributed by atoms with Crippen LogP contribution in [0.15, 0.2) is 28.8 Å². The van der Waals surface area contributed by atoms with E-state index in [-0.39, 0.29) is 0 Å². The number of rotatable bonds is 4. The van der Waals surface area contributed by atoms with Crippen molar-refractivity contribution in [1.29, 1.82) is 0 Å². The summed E-state index contributed by atoms with van der Waals surface area (Å²) in [6.45, 7) is 8.36. The molecule has 2 fully saturated rings. The van der Waals surface area contributed by atoms with Crippen LogP contribution >= 0.6 is 0 Å². The van der Waals surface area contributed by atoms with E-state index in [2.05, 4.69) is 45.2 Å². The highest BCUT2D eigenvalue weighted by Gasteiger charge is 2.26. The molecule has 10 heteroatoms. The van der Waals surface area contributed by atoms with Gasteiger partial charge in [0.05, 0.1) is 18.6 Å². The van der Waals surface area contributed by atoms with Gasteiger partial charge < -0.3 is 19.4 Å². The highest BCUT2D eigenvalue weighted by molar-refractivity contribution is 7.85. The third kappa shape index (κ3) is 4.17. The molecule has 6 heterocycles. The van der Waals surface area contributed by atoms with Crippen molar-refractivity contribution in [3.05, 3.63) is 41.1 Å². The van der Waals surface area contributed by atoms with E-state index in [0.29, 0.717) is 24.5 Å². The summed E-state index contributed by atoms with van der Waals surface area (Å²) in [5, 5.41) is 4.40. The fraction of sp³-hybridized carbons (Fsp3) is 0.444. The molecule has 192 valence electrons. The van der Waals surface area contributed by atoms with Gasteiger partial charge in [-0.05, 0) is 42.2 Å². The second-order valence-corrected chi connectivity index (χ2v) is 11.7. The van der Waals surface area contributed by atoms with Crippen LogP contribution in [0.2, 0.25) is 0 Å². The largest absolute Gasteiger partial charge is 0.432 e. The Hall–Kier alpha value is -3.08. The summed E-state index contributed by atoms with van der Waals surface area (Å²) in [6, 6.07) is 6.46. The zero-order chi connectivity index (χ0) is 24.9. The lowest BCUT2D eigenvalue weighted by Gasteiger charge is -2.28. The summed E-state index contributed by atoms with van der Waals surface area (Å²) in [4.78, 5) is 19.5. The molecule has 0 bridgehead atoms. The van der Waals surface area contributed by atoms with Crippen LogP contribution in [-0.4, -0.2) is 81.5 Å². The highest BCUT2D eigenvalue weighted by Crippen LogP contribution is 2.39. The molecule has 7 rings (SSSR count). The SMILES string of the molecule is Cc1ccc2c(c1-c1nc(N3CCOCC3)c3oc4ncc(CN5CCS(=O)CC5)cc4c3n1)CCN2. The number of nitrogens with one attached hydrogen (secondary N) is 1. The number of hydrogen-bond donors (Lipinski definition) is 1. The first-order valence-corrected chi connectivity index (χ1v) is 14.5. The number of fused-ring (bicyclic) bond motifs is 4. The van der Waals surface area contributed by atoms with E-state index in [0.717, 1.165) is 90.9 Å². The predicted octanol–water partition coefficient (Wildman–Crippen LogP) is 3.12. The van der Waals surface area contributed by atoms with E-state index in [1.165, 1.54) is 16.8 Å². The molecule has 0 atom stereocenters. The second kappa shape index (κ2) is 9.34. The first-order valence-electron chi connectivity index (χ1n) is 13.0. The minimum absolute atomic E-state index is 0.580. The van der Waals surface area contributed by atoms with Crippen molar-refractivity contribution in [2.24, 2.45) is 0 Å². The Kier molecular flexibility index (Phi) is 5.82. The lowest BCUT2D eigenvalue weighted by atomic mass is 9.99. The lowest BCUT2D eigenvalue weighted by molar-refractivity contribution is 0.122. The van der Waals surface area contributed by atoms with Crippen LogP contribution in [0.5, 0.6) is 0 Å². The zero-order valence-corrected chi connectivity index (χ0v) is 21.8. The van der Waals surface area contributed by atoms with Crippen molar-refractivity contribution in [1.82, 2.24) is 19.9 Å². The average Bonchev–Trinajstić information content (AvgIpc) is 3.54. The van der Waals surface area contributed by atoms with E-state index in [4.69, 9.17) is 19.1 Å². The maximum absolute atomic E-state index is 11.8. The number of pyridine rings is 1. The molecule has 0 spiro atoms. The highest BCUT2D eigenvalue weighted by atomic mass is 32.2. The van der Waals surface area contributed by atoms with Gasteiger partial charge in [-0.3, -0.25) is 9.11 Å². The number of hydrogen-bond acceptors (Lipinski definition) is 9. The lowest BCUT2D eigenvalue weighted by Crippen LogP contribution is -2.37. The molecular formula is C27H30N6O3S. The van der Waals surface area contributed by atoms with Crippen LogP contribution < -0.4 is 10.2 Å². The fourth-order valence-electron chi connectivity index (χ4n) is 5.66. The van der Waals surface area contributed by atoms with Gasteiger partial charge in [0.2, 0.25) is 5.71 Å². The fourth-order valence-corrected chi connectivity index (χ4v) is 6.79. The number of morpholine rings is 1. The molecule has 3 aliphatic rings. The average molecular weight is 519 g/mol. The third-order valence-electron chi connectivity index (χ3n) is 7.63. The molecular weight excluding hydrogens is 488 g/mol. The van der Waals surface area contributed by atoms with Gasteiger partial charge in [-0.1, -0.05) is 6.07 Å². The summed E-state index contributed by atoms with van der Waals surface area (Å²) in [6.07, 6.45) is 2.85. The van der Waals surface area contributed by atoms with Crippen molar-refractivity contribution in [3.8, 4) is 11.4 Å². The van der Waals surface area contributed by atoms with Gasteiger partial charge in [-0.15, -0.1) is 0 Å². The molecule has 0 unspecified atom stereocenters. The van der Waals surface area contributed by atoms with Crippen LogP contribution in [0.4, 0.5) is 11.5 Å². The molecule has 0 radical (unpaired) electrons. The van der Waals surface area contributed by atoms with Crippen molar-refractivity contribution in [2.45, 2.75) is 19.9 Å². The summed E-state index contributed by atoms with van der Waals surface area (Å²) < 4.78 is 23.7. The van der Waals surface area contributed by atoms with Crippen LogP contribution in [0.3, 0.4) is 0 Å². The van der Waals surface area contributed by atoms with Gasteiger partial charge in [0.1, 0.15) is 5.52 Å². The maximum atomic E-state index is 11.8. The topological polar surface area (TPSA) is 96.6 Å². The van der Waals surface area contributed by atoms with Crippen molar-refractivity contribution >= 4 is 44.5 Å². The predicted molar refractivity (Wildman–Crippen MR) is 146 cm³/mol. The van der Waals surface area contributed by atoms with E-state index in [1.54, 1.807) is 0 Å². The molecule has 3 aromatic heterocycles. The van der Waals surface area contributed by atoms with Crippen LogP contribution in [0.25, 0.3) is 33.6 Å². The van der Waals surface area contributed by atoms with Gasteiger partial charge in [0.15, 0.2) is 17.2 Å². The Morgan fingerprint density at radius 2 is 1.95 bits per heavy atom. The molecule has 37 heavy (non-hydrogen) atoms. The molecule has 0 aliphatic carbocycles. The number of nitrogens with zero attached hydrogens (tertiary/aromatic N) is 5. The number of ether oxygens (including phenoxy) is 1. The number of anilines is 2. The monoisotopic (exact) mass is 518 g/mol. The molecule has 9 nitrogen and oxygen atoms in total. The number of aryl methyl sites for hydroxylation is 1. The molecule has 1 N–H and O–H groups in total. The van der Waals surface area contributed by atoms with Gasteiger partial charge in [-0.25, -0.2) is 15.0 Å². The Bertz CT molecular complexity index is 1520. The van der Waals surface area contributed by atoms with E-state index < -0.39 is 10.8 Å². The zero-order valence-electron chi connectivity index (χ0n) is 21.0. The first kappa shape index (κ1) is 23.1. The summed E-state index contributed by atoms with van der Waals surface area (Å²) in [5.41, 5.74) is 7.90.